The van der Waals surface area contributed by atoms with Gasteiger partial charge < -0.3 is 14.8 Å². The molecule has 0 bridgehead atoms. The molecule has 0 saturated heterocycles. The van der Waals surface area contributed by atoms with Crippen LogP contribution < -0.4 is 19.5 Å². The molecule has 0 radical (unpaired) electrons. The fourth-order valence-electron chi connectivity index (χ4n) is 3.11. The summed E-state index contributed by atoms with van der Waals surface area (Å²) in [6, 6.07) is 20.3. The first-order valence-corrected chi connectivity index (χ1v) is 12.0. The highest BCUT2D eigenvalue weighted by atomic mass is 35.5. The first kappa shape index (κ1) is 24.6. The minimum absolute atomic E-state index is 0.00301. The Balaban J connectivity index is 1.58. The van der Waals surface area contributed by atoms with E-state index in [0.717, 1.165) is 11.1 Å². The Labute approximate surface area is 198 Å². The zero-order valence-corrected chi connectivity index (χ0v) is 19.8. The standard InChI is InChI=1S/C24H25ClN2O5S/c1-17(18-8-4-3-5-9-18)27-33(29,30)20-12-13-23(21(25)14-20)32-16-24(28)26-15-19-10-6-7-11-22(19)31-2/h3-14,17,27H,15-16H2,1-2H3,(H,26,28). The van der Waals surface area contributed by atoms with Crippen molar-refractivity contribution in [1.82, 2.24) is 10.0 Å². The van der Waals surface area contributed by atoms with Crippen molar-refractivity contribution < 1.29 is 22.7 Å². The summed E-state index contributed by atoms with van der Waals surface area (Å²) in [4.78, 5) is 12.2. The van der Waals surface area contributed by atoms with Crippen molar-refractivity contribution >= 4 is 27.5 Å². The molecule has 1 unspecified atom stereocenters. The number of halogens is 1. The van der Waals surface area contributed by atoms with E-state index in [4.69, 9.17) is 21.1 Å². The summed E-state index contributed by atoms with van der Waals surface area (Å²) in [7, 11) is -2.24. The lowest BCUT2D eigenvalue weighted by Gasteiger charge is -2.15. The molecule has 3 aromatic rings. The topological polar surface area (TPSA) is 93.7 Å². The van der Waals surface area contributed by atoms with Crippen LogP contribution in [0.15, 0.2) is 77.7 Å². The molecule has 1 amide bonds. The summed E-state index contributed by atoms with van der Waals surface area (Å²) in [6.07, 6.45) is 0. The second kappa shape index (κ2) is 11.2. The van der Waals surface area contributed by atoms with Gasteiger partial charge in [-0.25, -0.2) is 13.1 Å². The maximum atomic E-state index is 12.7. The Morgan fingerprint density at radius 1 is 1.00 bits per heavy atom. The van der Waals surface area contributed by atoms with E-state index >= 15 is 0 Å². The number of carbonyl (C=O) groups is 1. The third-order valence-electron chi connectivity index (χ3n) is 4.87. The number of benzene rings is 3. The van der Waals surface area contributed by atoms with Crippen molar-refractivity contribution in [3.05, 3.63) is 88.9 Å². The average Bonchev–Trinajstić information content (AvgIpc) is 2.82. The van der Waals surface area contributed by atoms with Crippen LogP contribution in [-0.2, 0) is 21.4 Å². The Kier molecular flexibility index (Phi) is 8.32. The van der Waals surface area contributed by atoms with Crippen LogP contribution in [-0.4, -0.2) is 28.0 Å². The van der Waals surface area contributed by atoms with Crippen LogP contribution >= 0.6 is 11.6 Å². The zero-order chi connectivity index (χ0) is 23.8. The first-order valence-electron chi connectivity index (χ1n) is 10.2. The number of ether oxygens (including phenoxy) is 2. The number of hydrogen-bond acceptors (Lipinski definition) is 5. The number of carbonyl (C=O) groups excluding carboxylic acids is 1. The lowest BCUT2D eigenvalue weighted by Crippen LogP contribution is -2.28. The van der Waals surface area contributed by atoms with Crippen molar-refractivity contribution in [2.45, 2.75) is 24.4 Å². The van der Waals surface area contributed by atoms with E-state index < -0.39 is 16.1 Å². The fourth-order valence-corrected chi connectivity index (χ4v) is 4.67. The van der Waals surface area contributed by atoms with Gasteiger partial charge in [-0.3, -0.25) is 4.79 Å². The molecule has 33 heavy (non-hydrogen) atoms. The third kappa shape index (κ3) is 6.71. The van der Waals surface area contributed by atoms with Crippen molar-refractivity contribution in [3.63, 3.8) is 0 Å². The smallest absolute Gasteiger partial charge is 0.258 e. The molecule has 3 aromatic carbocycles. The van der Waals surface area contributed by atoms with Gasteiger partial charge in [0.15, 0.2) is 6.61 Å². The van der Waals surface area contributed by atoms with Gasteiger partial charge in [-0.2, -0.15) is 0 Å². The minimum atomic E-state index is -3.81. The average molecular weight is 489 g/mol. The fraction of sp³-hybridized carbons (Fsp3) is 0.208. The molecule has 0 saturated carbocycles. The highest BCUT2D eigenvalue weighted by molar-refractivity contribution is 7.89. The number of methoxy groups -OCH3 is 1. The van der Waals surface area contributed by atoms with Crippen LogP contribution in [0.2, 0.25) is 5.02 Å². The zero-order valence-electron chi connectivity index (χ0n) is 18.2. The molecule has 174 valence electrons. The normalized spacial score (nSPS) is 12.1. The SMILES string of the molecule is COc1ccccc1CNC(=O)COc1ccc(S(=O)(=O)NC(C)c2ccccc2)cc1Cl. The van der Waals surface area contributed by atoms with Crippen molar-refractivity contribution in [1.29, 1.82) is 0 Å². The van der Waals surface area contributed by atoms with Gasteiger partial charge in [0, 0.05) is 18.2 Å². The lowest BCUT2D eigenvalue weighted by molar-refractivity contribution is -0.123. The summed E-state index contributed by atoms with van der Waals surface area (Å²) < 4.78 is 38.8. The van der Waals surface area contributed by atoms with Crippen molar-refractivity contribution in [2.75, 3.05) is 13.7 Å². The summed E-state index contributed by atoms with van der Waals surface area (Å²) in [5.74, 6) is 0.528. The molecule has 0 aromatic heterocycles. The molecule has 3 rings (SSSR count). The molecule has 1 atom stereocenters. The first-order chi connectivity index (χ1) is 15.8. The van der Waals surface area contributed by atoms with Gasteiger partial charge in [-0.05, 0) is 36.8 Å². The lowest BCUT2D eigenvalue weighted by atomic mass is 10.1. The second-order valence-electron chi connectivity index (χ2n) is 7.22. The predicted molar refractivity (Wildman–Crippen MR) is 127 cm³/mol. The molecule has 0 aliphatic rings. The van der Waals surface area contributed by atoms with E-state index in [0.29, 0.717) is 5.75 Å². The molecule has 0 aliphatic carbocycles. The summed E-state index contributed by atoms with van der Waals surface area (Å²) >= 11 is 6.22. The van der Waals surface area contributed by atoms with Crippen molar-refractivity contribution in [3.8, 4) is 11.5 Å². The minimum Gasteiger partial charge on any atom is -0.496 e. The van der Waals surface area contributed by atoms with Crippen LogP contribution in [0.1, 0.15) is 24.1 Å². The Bertz CT molecular complexity index is 1200. The van der Waals surface area contributed by atoms with E-state index in [1.54, 1.807) is 14.0 Å². The Hall–Kier alpha value is -3.07. The van der Waals surface area contributed by atoms with E-state index in [-0.39, 0.29) is 34.7 Å². The van der Waals surface area contributed by atoms with Gasteiger partial charge in [-0.1, -0.05) is 60.1 Å². The van der Waals surface area contributed by atoms with Gasteiger partial charge in [0.2, 0.25) is 10.0 Å². The molecule has 0 aliphatic heterocycles. The Morgan fingerprint density at radius 3 is 2.39 bits per heavy atom. The van der Waals surface area contributed by atoms with Crippen LogP contribution in [0, 0.1) is 0 Å². The number of rotatable bonds is 10. The number of para-hydroxylation sites is 1. The van der Waals surface area contributed by atoms with Gasteiger partial charge in [0.25, 0.3) is 5.91 Å². The molecular weight excluding hydrogens is 464 g/mol. The van der Waals surface area contributed by atoms with Gasteiger partial charge in [0.1, 0.15) is 11.5 Å². The highest BCUT2D eigenvalue weighted by Crippen LogP contribution is 2.28. The second-order valence-corrected chi connectivity index (χ2v) is 9.34. The maximum absolute atomic E-state index is 12.7. The molecular formula is C24H25ClN2O5S. The van der Waals surface area contributed by atoms with Gasteiger partial charge in [0.05, 0.1) is 17.0 Å². The molecule has 2 N–H and O–H groups in total. The van der Waals surface area contributed by atoms with Crippen LogP contribution in [0.4, 0.5) is 0 Å². The van der Waals surface area contributed by atoms with E-state index in [1.165, 1.54) is 18.2 Å². The number of sulfonamides is 1. The van der Waals surface area contributed by atoms with Crippen LogP contribution in [0.25, 0.3) is 0 Å². The highest BCUT2D eigenvalue weighted by Gasteiger charge is 2.20. The molecule has 0 fully saturated rings. The Morgan fingerprint density at radius 2 is 1.70 bits per heavy atom. The molecule has 0 heterocycles. The maximum Gasteiger partial charge on any atom is 0.258 e. The van der Waals surface area contributed by atoms with Gasteiger partial charge in [-0.15, -0.1) is 0 Å². The van der Waals surface area contributed by atoms with Crippen LogP contribution in [0.5, 0.6) is 11.5 Å². The summed E-state index contributed by atoms with van der Waals surface area (Å²) in [5, 5.41) is 2.83. The number of hydrogen-bond donors (Lipinski definition) is 2. The largest absolute Gasteiger partial charge is 0.496 e. The summed E-state index contributed by atoms with van der Waals surface area (Å²) in [6.45, 7) is 1.77. The molecule has 7 nitrogen and oxygen atoms in total. The van der Waals surface area contributed by atoms with E-state index in [1.807, 2.05) is 54.6 Å². The van der Waals surface area contributed by atoms with E-state index in [2.05, 4.69) is 10.0 Å². The molecule has 9 heteroatoms. The van der Waals surface area contributed by atoms with Crippen molar-refractivity contribution in [2.24, 2.45) is 0 Å². The van der Waals surface area contributed by atoms with Gasteiger partial charge >= 0.3 is 0 Å². The third-order valence-corrected chi connectivity index (χ3v) is 6.71. The predicted octanol–water partition coefficient (Wildman–Crippen LogP) is 4.08. The van der Waals surface area contributed by atoms with Crippen LogP contribution in [0.3, 0.4) is 0 Å². The monoisotopic (exact) mass is 488 g/mol. The quantitative estimate of drug-likeness (QED) is 0.448. The number of amides is 1. The summed E-state index contributed by atoms with van der Waals surface area (Å²) in [5.41, 5.74) is 1.67. The number of nitrogens with one attached hydrogen (secondary N) is 2. The molecule has 0 spiro atoms. The van der Waals surface area contributed by atoms with E-state index in [9.17, 15) is 13.2 Å².